The Morgan fingerprint density at radius 3 is 2.69 bits per heavy atom. The molecule has 5 nitrogen and oxygen atoms in total. The molecule has 5 rings (SSSR count). The van der Waals surface area contributed by atoms with Crippen LogP contribution in [0, 0.1) is 0 Å². The number of amides is 2. The Hall–Kier alpha value is -2.16. The maximum Gasteiger partial charge on any atom is 0.417 e. The quantitative estimate of drug-likeness (QED) is 0.818. The molecule has 2 fully saturated rings. The van der Waals surface area contributed by atoms with Gasteiger partial charge in [0.25, 0.3) is 5.91 Å². The summed E-state index contributed by atoms with van der Waals surface area (Å²) in [7, 11) is 0. The van der Waals surface area contributed by atoms with Gasteiger partial charge >= 0.3 is 6.18 Å². The minimum atomic E-state index is -4.59. The minimum absolute atomic E-state index is 0.0310. The highest BCUT2D eigenvalue weighted by Crippen LogP contribution is 2.48. The molecule has 2 amide bonds. The van der Waals surface area contributed by atoms with Crippen LogP contribution >= 0.6 is 11.3 Å². The smallest absolute Gasteiger partial charge is 0.326 e. The molecule has 2 aromatic heterocycles. The lowest BCUT2D eigenvalue weighted by molar-refractivity contribution is -0.136. The van der Waals surface area contributed by atoms with Crippen LogP contribution in [-0.2, 0) is 11.0 Å². The Morgan fingerprint density at radius 2 is 2.00 bits per heavy atom. The van der Waals surface area contributed by atoms with Gasteiger partial charge in [0.15, 0.2) is 0 Å². The van der Waals surface area contributed by atoms with E-state index in [-0.39, 0.29) is 32.6 Å². The predicted molar refractivity (Wildman–Crippen MR) is 89.3 cm³/mol. The van der Waals surface area contributed by atoms with Crippen LogP contribution in [-0.4, -0.2) is 34.3 Å². The Bertz CT molecular complexity index is 964. The van der Waals surface area contributed by atoms with Gasteiger partial charge in [-0.1, -0.05) is 0 Å². The number of halogens is 3. The Labute approximate surface area is 150 Å². The fraction of sp³-hybridized carbons (Fsp3) is 0.471. The van der Waals surface area contributed by atoms with Crippen molar-refractivity contribution in [1.29, 1.82) is 0 Å². The Balaban J connectivity index is 1.78. The summed E-state index contributed by atoms with van der Waals surface area (Å²) < 4.78 is 41.2. The third-order valence-corrected chi connectivity index (χ3v) is 6.31. The Morgan fingerprint density at radius 1 is 1.23 bits per heavy atom. The van der Waals surface area contributed by atoms with Crippen molar-refractivity contribution in [3.05, 3.63) is 22.2 Å². The monoisotopic (exact) mass is 381 g/mol. The molecule has 3 aliphatic rings. The second-order valence-corrected chi connectivity index (χ2v) is 8.00. The molecule has 0 spiro atoms. The number of hydrogen-bond donors (Lipinski definition) is 1. The van der Waals surface area contributed by atoms with Gasteiger partial charge < -0.3 is 10.2 Å². The van der Waals surface area contributed by atoms with E-state index in [9.17, 15) is 22.8 Å². The third-order valence-electron chi connectivity index (χ3n) is 5.24. The van der Waals surface area contributed by atoms with Crippen LogP contribution < -0.4 is 5.32 Å². The Kier molecular flexibility index (Phi) is 3.20. The van der Waals surface area contributed by atoms with Gasteiger partial charge in [0.05, 0.1) is 11.3 Å². The number of aromatic nitrogens is 1. The molecule has 1 atom stereocenters. The van der Waals surface area contributed by atoms with Gasteiger partial charge in [-0.3, -0.25) is 9.59 Å². The lowest BCUT2D eigenvalue weighted by Gasteiger charge is -2.19. The summed E-state index contributed by atoms with van der Waals surface area (Å²) in [6, 6.07) is 0.473. The fourth-order valence-corrected chi connectivity index (χ4v) is 4.94. The van der Waals surface area contributed by atoms with Crippen molar-refractivity contribution < 1.29 is 22.8 Å². The van der Waals surface area contributed by atoms with Gasteiger partial charge in [0.2, 0.25) is 5.91 Å². The van der Waals surface area contributed by atoms with Crippen molar-refractivity contribution in [2.75, 3.05) is 11.9 Å². The number of alkyl halides is 3. The number of carbonyl (C=O) groups is 2. The molecule has 1 saturated carbocycles. The van der Waals surface area contributed by atoms with Crippen LogP contribution in [0.5, 0.6) is 0 Å². The van der Waals surface area contributed by atoms with Crippen molar-refractivity contribution in [1.82, 2.24) is 9.88 Å². The van der Waals surface area contributed by atoms with Gasteiger partial charge in [0, 0.05) is 23.5 Å². The van der Waals surface area contributed by atoms with E-state index < -0.39 is 23.7 Å². The van der Waals surface area contributed by atoms with E-state index in [4.69, 9.17) is 0 Å². The van der Waals surface area contributed by atoms with E-state index in [0.29, 0.717) is 25.1 Å². The maximum atomic E-state index is 13.7. The largest absolute Gasteiger partial charge is 0.417 e. The molecule has 26 heavy (non-hydrogen) atoms. The summed E-state index contributed by atoms with van der Waals surface area (Å²) in [5, 5.41) is 2.43. The SMILES string of the molecule is O=C1Nc2c(sc3nc(C4CC4)cc(C(F)(F)F)c23)C(=O)N2CCCC12. The number of nitrogens with zero attached hydrogens (tertiary/aromatic N) is 2. The minimum Gasteiger partial charge on any atom is -0.326 e. The summed E-state index contributed by atoms with van der Waals surface area (Å²) in [5.41, 5.74) is -0.437. The fourth-order valence-electron chi connectivity index (χ4n) is 3.82. The molecule has 9 heteroatoms. The molecule has 0 aromatic carbocycles. The number of pyridine rings is 1. The van der Waals surface area contributed by atoms with Crippen LogP contribution in [0.15, 0.2) is 6.07 Å². The molecular weight excluding hydrogens is 367 g/mol. The van der Waals surface area contributed by atoms with Gasteiger partial charge in [-0.25, -0.2) is 4.98 Å². The summed E-state index contributed by atoms with van der Waals surface area (Å²) in [6.45, 7) is 0.442. The number of hydrogen-bond acceptors (Lipinski definition) is 4. The predicted octanol–water partition coefficient (Wildman–Crippen LogP) is 3.75. The molecule has 1 unspecified atom stereocenters. The van der Waals surface area contributed by atoms with Crippen molar-refractivity contribution in [3.8, 4) is 0 Å². The molecule has 2 aliphatic heterocycles. The van der Waals surface area contributed by atoms with E-state index in [2.05, 4.69) is 10.3 Å². The third kappa shape index (κ3) is 2.26. The molecule has 1 N–H and O–H groups in total. The zero-order chi connectivity index (χ0) is 18.2. The number of rotatable bonds is 1. The van der Waals surface area contributed by atoms with E-state index >= 15 is 0 Å². The lowest BCUT2D eigenvalue weighted by atomic mass is 10.1. The van der Waals surface area contributed by atoms with E-state index in [0.717, 1.165) is 30.2 Å². The highest BCUT2D eigenvalue weighted by molar-refractivity contribution is 7.21. The lowest BCUT2D eigenvalue weighted by Crippen LogP contribution is -2.40. The summed E-state index contributed by atoms with van der Waals surface area (Å²) in [4.78, 5) is 31.5. The summed E-state index contributed by atoms with van der Waals surface area (Å²) in [6.07, 6.45) is -1.70. The average molecular weight is 381 g/mol. The van der Waals surface area contributed by atoms with Crippen LogP contribution in [0.4, 0.5) is 18.9 Å². The molecule has 4 heterocycles. The standard InChI is InChI=1S/C17H14F3N3O2S/c18-17(19,20)8-6-9(7-3-4-7)21-15-11(8)12-13(26-15)16(25)23-5-1-2-10(23)14(24)22-12/h6-7,10H,1-5H2,(H,22,24). The second-order valence-electron chi connectivity index (χ2n) is 7.00. The van der Waals surface area contributed by atoms with Crippen LogP contribution in [0.1, 0.15) is 52.5 Å². The van der Waals surface area contributed by atoms with Crippen molar-refractivity contribution in [3.63, 3.8) is 0 Å². The average Bonchev–Trinajstić information content (AvgIpc) is 3.22. The first kappa shape index (κ1) is 16.0. The molecule has 136 valence electrons. The first-order valence-electron chi connectivity index (χ1n) is 8.51. The molecule has 1 saturated heterocycles. The van der Waals surface area contributed by atoms with Crippen molar-refractivity contribution in [2.24, 2.45) is 0 Å². The van der Waals surface area contributed by atoms with E-state index in [1.54, 1.807) is 0 Å². The number of anilines is 1. The van der Waals surface area contributed by atoms with Gasteiger partial charge in [0.1, 0.15) is 15.7 Å². The van der Waals surface area contributed by atoms with Gasteiger partial charge in [-0.15, -0.1) is 11.3 Å². The molecular formula is C17H14F3N3O2S. The van der Waals surface area contributed by atoms with E-state index in [1.807, 2.05) is 0 Å². The number of nitrogens with one attached hydrogen (secondary N) is 1. The highest BCUT2D eigenvalue weighted by atomic mass is 32.1. The summed E-state index contributed by atoms with van der Waals surface area (Å²) in [5.74, 6) is -0.755. The second kappa shape index (κ2) is 5.18. The summed E-state index contributed by atoms with van der Waals surface area (Å²) >= 11 is 0.945. The molecule has 0 radical (unpaired) electrons. The van der Waals surface area contributed by atoms with Crippen molar-refractivity contribution >= 4 is 39.1 Å². The zero-order valence-corrected chi connectivity index (χ0v) is 14.3. The van der Waals surface area contributed by atoms with Crippen LogP contribution in [0.2, 0.25) is 0 Å². The molecule has 0 bridgehead atoms. The topological polar surface area (TPSA) is 62.3 Å². The normalized spacial score (nSPS) is 23.0. The first-order chi connectivity index (χ1) is 12.3. The maximum absolute atomic E-state index is 13.7. The van der Waals surface area contributed by atoms with Gasteiger partial charge in [-0.2, -0.15) is 13.2 Å². The van der Waals surface area contributed by atoms with E-state index in [1.165, 1.54) is 4.90 Å². The zero-order valence-electron chi connectivity index (χ0n) is 13.5. The number of fused-ring (bicyclic) bond motifs is 4. The van der Waals surface area contributed by atoms with Crippen LogP contribution in [0.3, 0.4) is 0 Å². The molecule has 1 aliphatic carbocycles. The first-order valence-corrected chi connectivity index (χ1v) is 9.32. The van der Waals surface area contributed by atoms with Crippen LogP contribution in [0.25, 0.3) is 10.2 Å². The number of carbonyl (C=O) groups excluding carboxylic acids is 2. The number of thiophene rings is 1. The van der Waals surface area contributed by atoms with Gasteiger partial charge in [-0.05, 0) is 31.7 Å². The highest BCUT2D eigenvalue weighted by Gasteiger charge is 2.43. The van der Waals surface area contributed by atoms with Crippen molar-refractivity contribution in [2.45, 2.75) is 43.8 Å². The molecule has 2 aromatic rings.